The van der Waals surface area contributed by atoms with Crippen molar-refractivity contribution in [1.82, 2.24) is 5.32 Å². The van der Waals surface area contributed by atoms with E-state index in [0.29, 0.717) is 5.75 Å². The molecule has 26 heavy (non-hydrogen) atoms. The van der Waals surface area contributed by atoms with E-state index in [0.717, 1.165) is 12.2 Å². The Morgan fingerprint density at radius 1 is 1.12 bits per heavy atom. The van der Waals surface area contributed by atoms with E-state index in [4.69, 9.17) is 0 Å². The van der Waals surface area contributed by atoms with Gasteiger partial charge in [0, 0.05) is 5.75 Å². The Hall–Kier alpha value is -1.74. The third-order valence-electron chi connectivity index (χ3n) is 5.10. The zero-order valence-corrected chi connectivity index (χ0v) is 16.7. The lowest BCUT2D eigenvalue weighted by Gasteiger charge is -2.21. The van der Waals surface area contributed by atoms with Crippen LogP contribution in [0.1, 0.15) is 60.0 Å². The van der Waals surface area contributed by atoms with Crippen LogP contribution in [0.4, 0.5) is 0 Å². The number of fused-ring (bicyclic) bond motifs is 1. The molecule has 1 aliphatic carbocycles. The number of nitrogens with one attached hydrogen (secondary N) is 1. The van der Waals surface area contributed by atoms with Gasteiger partial charge in [-0.25, -0.2) is 0 Å². The molecule has 0 heterocycles. The number of aryl methyl sites for hydroxylation is 3. The highest BCUT2D eigenvalue weighted by atomic mass is 32.2. The normalized spacial score (nSPS) is 14.5. The summed E-state index contributed by atoms with van der Waals surface area (Å²) in [5, 5.41) is 3.23. The van der Waals surface area contributed by atoms with Crippen LogP contribution in [0.3, 0.4) is 0 Å². The molecule has 2 nitrogen and oxygen atoms in total. The second-order valence-electron chi connectivity index (χ2n) is 7.25. The van der Waals surface area contributed by atoms with Crippen molar-refractivity contribution >= 4 is 17.7 Å². The average Bonchev–Trinajstić information content (AvgIpc) is 2.66. The summed E-state index contributed by atoms with van der Waals surface area (Å²) in [5.74, 6) is 1.52. The van der Waals surface area contributed by atoms with E-state index in [-0.39, 0.29) is 11.9 Å². The summed E-state index contributed by atoms with van der Waals surface area (Å²) >= 11 is 1.68. The Bertz CT molecular complexity index is 756. The SMILES string of the molecule is CCC(NC(=O)CSCc1cccc(C)c1)c1ccc2c(c1)CCCC2. The van der Waals surface area contributed by atoms with Crippen molar-refractivity contribution in [3.63, 3.8) is 0 Å². The van der Waals surface area contributed by atoms with Crippen LogP contribution in [0.5, 0.6) is 0 Å². The lowest BCUT2D eigenvalue weighted by molar-refractivity contribution is -0.119. The first-order valence-corrected chi connectivity index (χ1v) is 10.9. The van der Waals surface area contributed by atoms with Gasteiger partial charge in [0.25, 0.3) is 0 Å². The molecule has 3 rings (SSSR count). The minimum Gasteiger partial charge on any atom is -0.349 e. The Balaban J connectivity index is 1.53. The fourth-order valence-electron chi connectivity index (χ4n) is 3.69. The van der Waals surface area contributed by atoms with Crippen molar-refractivity contribution in [2.75, 3.05) is 5.75 Å². The molecule has 0 aliphatic heterocycles. The summed E-state index contributed by atoms with van der Waals surface area (Å²) in [6.45, 7) is 4.25. The summed E-state index contributed by atoms with van der Waals surface area (Å²) in [6, 6.07) is 15.4. The number of carbonyl (C=O) groups is 1. The lowest BCUT2D eigenvalue weighted by Crippen LogP contribution is -2.29. The molecule has 3 heteroatoms. The molecule has 1 atom stereocenters. The third kappa shape index (κ3) is 5.14. The van der Waals surface area contributed by atoms with E-state index in [1.54, 1.807) is 11.8 Å². The van der Waals surface area contributed by atoms with Crippen LogP contribution in [0, 0.1) is 6.92 Å². The molecule has 0 saturated carbocycles. The maximum absolute atomic E-state index is 12.4. The third-order valence-corrected chi connectivity index (χ3v) is 6.11. The predicted octanol–water partition coefficient (Wildman–Crippen LogP) is 5.37. The number of carbonyl (C=O) groups excluding carboxylic acids is 1. The summed E-state index contributed by atoms with van der Waals surface area (Å²) in [7, 11) is 0. The van der Waals surface area contributed by atoms with Gasteiger partial charge in [-0.3, -0.25) is 4.79 Å². The van der Waals surface area contributed by atoms with Crippen LogP contribution in [-0.4, -0.2) is 11.7 Å². The summed E-state index contributed by atoms with van der Waals surface area (Å²) < 4.78 is 0. The van der Waals surface area contributed by atoms with Crippen LogP contribution < -0.4 is 5.32 Å². The van der Waals surface area contributed by atoms with E-state index in [2.05, 4.69) is 61.6 Å². The van der Waals surface area contributed by atoms with Gasteiger partial charge in [0.05, 0.1) is 11.8 Å². The van der Waals surface area contributed by atoms with Crippen LogP contribution in [0.25, 0.3) is 0 Å². The topological polar surface area (TPSA) is 29.1 Å². The average molecular weight is 368 g/mol. The van der Waals surface area contributed by atoms with Gasteiger partial charge in [-0.15, -0.1) is 11.8 Å². The molecule has 1 unspecified atom stereocenters. The molecule has 2 aromatic rings. The maximum atomic E-state index is 12.4. The minimum absolute atomic E-state index is 0.120. The van der Waals surface area contributed by atoms with Crippen molar-refractivity contribution < 1.29 is 4.79 Å². The van der Waals surface area contributed by atoms with Gasteiger partial charge in [0.15, 0.2) is 0 Å². The predicted molar refractivity (Wildman–Crippen MR) is 112 cm³/mol. The second-order valence-corrected chi connectivity index (χ2v) is 8.23. The fourth-order valence-corrected chi connectivity index (χ4v) is 4.48. The standard InChI is InChI=1S/C23H29NOS/c1-3-22(21-12-11-19-9-4-5-10-20(19)14-21)24-23(25)16-26-15-18-8-6-7-17(2)13-18/h6-8,11-14,22H,3-5,9-10,15-16H2,1-2H3,(H,24,25). The summed E-state index contributed by atoms with van der Waals surface area (Å²) in [5.41, 5.74) is 6.78. The Labute approximate surface area is 161 Å². The van der Waals surface area contributed by atoms with Crippen molar-refractivity contribution in [2.24, 2.45) is 0 Å². The number of thioether (sulfide) groups is 1. The molecule has 1 aliphatic rings. The second kappa shape index (κ2) is 9.27. The smallest absolute Gasteiger partial charge is 0.230 e. The van der Waals surface area contributed by atoms with Gasteiger partial charge in [0.1, 0.15) is 0 Å². The quantitative estimate of drug-likeness (QED) is 0.712. The van der Waals surface area contributed by atoms with Gasteiger partial charge in [-0.1, -0.05) is 55.0 Å². The van der Waals surface area contributed by atoms with Crippen molar-refractivity contribution in [3.8, 4) is 0 Å². The van der Waals surface area contributed by atoms with E-state index < -0.39 is 0 Å². The Morgan fingerprint density at radius 2 is 1.92 bits per heavy atom. The summed E-state index contributed by atoms with van der Waals surface area (Å²) in [6.07, 6.45) is 5.90. The van der Waals surface area contributed by atoms with Crippen LogP contribution in [0.15, 0.2) is 42.5 Å². The monoisotopic (exact) mass is 367 g/mol. The molecule has 138 valence electrons. The van der Waals surface area contributed by atoms with Gasteiger partial charge in [-0.05, 0) is 61.3 Å². The zero-order valence-electron chi connectivity index (χ0n) is 15.9. The highest BCUT2D eigenvalue weighted by Gasteiger charge is 2.16. The molecular formula is C23H29NOS. The molecule has 0 fully saturated rings. The van der Waals surface area contributed by atoms with Gasteiger partial charge in [-0.2, -0.15) is 0 Å². The Kier molecular flexibility index (Phi) is 6.79. The molecule has 0 radical (unpaired) electrons. The first-order chi connectivity index (χ1) is 12.7. The van der Waals surface area contributed by atoms with E-state index >= 15 is 0 Å². The largest absolute Gasteiger partial charge is 0.349 e. The highest BCUT2D eigenvalue weighted by molar-refractivity contribution is 7.99. The number of hydrogen-bond acceptors (Lipinski definition) is 2. The number of rotatable bonds is 7. The first kappa shape index (κ1) is 19.0. The van der Waals surface area contributed by atoms with Crippen LogP contribution in [0.2, 0.25) is 0 Å². The molecule has 2 aromatic carbocycles. The molecule has 0 spiro atoms. The number of amides is 1. The molecule has 1 amide bonds. The van der Waals surface area contributed by atoms with Gasteiger partial charge in [0.2, 0.25) is 5.91 Å². The van der Waals surface area contributed by atoms with Crippen LogP contribution >= 0.6 is 11.8 Å². The van der Waals surface area contributed by atoms with Crippen molar-refractivity contribution in [1.29, 1.82) is 0 Å². The molecule has 0 aromatic heterocycles. The maximum Gasteiger partial charge on any atom is 0.230 e. The Morgan fingerprint density at radius 3 is 2.69 bits per heavy atom. The van der Waals surface area contributed by atoms with E-state index in [9.17, 15) is 4.79 Å². The van der Waals surface area contributed by atoms with Crippen molar-refractivity contribution in [3.05, 3.63) is 70.3 Å². The molecular weight excluding hydrogens is 338 g/mol. The molecule has 0 saturated heterocycles. The summed E-state index contributed by atoms with van der Waals surface area (Å²) in [4.78, 5) is 12.4. The van der Waals surface area contributed by atoms with E-state index in [1.165, 1.54) is 53.5 Å². The lowest BCUT2D eigenvalue weighted by atomic mass is 9.89. The number of benzene rings is 2. The van der Waals surface area contributed by atoms with E-state index in [1.807, 2.05) is 0 Å². The minimum atomic E-state index is 0.120. The fraction of sp³-hybridized carbons (Fsp3) is 0.435. The van der Waals surface area contributed by atoms with Crippen molar-refractivity contribution in [2.45, 2.75) is 57.7 Å². The zero-order chi connectivity index (χ0) is 18.4. The van der Waals surface area contributed by atoms with Gasteiger partial charge < -0.3 is 5.32 Å². The molecule has 1 N–H and O–H groups in total. The van der Waals surface area contributed by atoms with Crippen LogP contribution in [-0.2, 0) is 23.4 Å². The molecule has 0 bridgehead atoms. The van der Waals surface area contributed by atoms with Gasteiger partial charge >= 0.3 is 0 Å². The highest BCUT2D eigenvalue weighted by Crippen LogP contribution is 2.26. The number of hydrogen-bond donors (Lipinski definition) is 1. The first-order valence-electron chi connectivity index (χ1n) is 9.70.